The van der Waals surface area contributed by atoms with Gasteiger partial charge >= 0.3 is 5.97 Å². The average molecular weight is 321 g/mol. The van der Waals surface area contributed by atoms with Crippen LogP contribution < -0.4 is 0 Å². The maximum atomic E-state index is 12.2. The van der Waals surface area contributed by atoms with Crippen molar-refractivity contribution in [1.29, 1.82) is 0 Å². The molecule has 0 spiro atoms. The van der Waals surface area contributed by atoms with E-state index in [0.29, 0.717) is 13.2 Å². The number of ether oxygens (including phenoxy) is 1. The first-order valence-electron chi connectivity index (χ1n) is 6.16. The van der Waals surface area contributed by atoms with Crippen molar-refractivity contribution in [2.75, 3.05) is 26.0 Å². The van der Waals surface area contributed by atoms with Crippen LogP contribution in [0.1, 0.15) is 17.7 Å². The molecule has 0 aliphatic heterocycles. The molecule has 0 radical (unpaired) electrons. The molecule has 1 aromatic heterocycles. The number of aliphatic carboxylic acids is 1. The minimum absolute atomic E-state index is 0.117. The molecule has 8 heteroatoms. The Morgan fingerprint density at radius 3 is 2.80 bits per heavy atom. The van der Waals surface area contributed by atoms with Crippen molar-refractivity contribution >= 4 is 27.3 Å². The molecule has 1 N–H and O–H groups in total. The predicted molar refractivity (Wildman–Crippen MR) is 77.3 cm³/mol. The molecular formula is C12H19NO5S2. The summed E-state index contributed by atoms with van der Waals surface area (Å²) in [5.74, 6) is -1.14. The molecule has 0 amide bonds. The van der Waals surface area contributed by atoms with Gasteiger partial charge in [-0.2, -0.15) is 4.31 Å². The van der Waals surface area contributed by atoms with Gasteiger partial charge in [-0.1, -0.05) is 6.07 Å². The van der Waals surface area contributed by atoms with Gasteiger partial charge < -0.3 is 9.84 Å². The number of carboxylic acids is 1. The molecule has 0 aliphatic carbocycles. The second-order valence-electron chi connectivity index (χ2n) is 4.22. The van der Waals surface area contributed by atoms with Crippen LogP contribution >= 0.6 is 11.3 Å². The Morgan fingerprint density at radius 1 is 1.50 bits per heavy atom. The maximum absolute atomic E-state index is 12.2. The molecule has 114 valence electrons. The second kappa shape index (κ2) is 8.35. The minimum Gasteiger partial charge on any atom is -0.481 e. The molecule has 0 aromatic carbocycles. The summed E-state index contributed by atoms with van der Waals surface area (Å²) in [5, 5.41) is 10.5. The Morgan fingerprint density at radius 2 is 2.25 bits per heavy atom. The quantitative estimate of drug-likeness (QED) is 0.704. The van der Waals surface area contributed by atoms with E-state index in [2.05, 4.69) is 0 Å². The third-order valence-electron chi connectivity index (χ3n) is 2.64. The molecule has 0 fully saturated rings. The van der Waals surface area contributed by atoms with E-state index >= 15 is 0 Å². The van der Waals surface area contributed by atoms with Crippen LogP contribution in [0.5, 0.6) is 0 Å². The van der Waals surface area contributed by atoms with Gasteiger partial charge in [0.1, 0.15) is 0 Å². The van der Waals surface area contributed by atoms with Gasteiger partial charge in [-0.25, -0.2) is 8.42 Å². The Labute approximate surface area is 123 Å². The van der Waals surface area contributed by atoms with Crippen LogP contribution in [0.4, 0.5) is 0 Å². The number of nitrogens with zero attached hydrogens (tertiary/aromatic N) is 1. The summed E-state index contributed by atoms with van der Waals surface area (Å²) >= 11 is 1.49. The van der Waals surface area contributed by atoms with Gasteiger partial charge in [-0.15, -0.1) is 11.3 Å². The van der Waals surface area contributed by atoms with Gasteiger partial charge in [-0.3, -0.25) is 4.79 Å². The van der Waals surface area contributed by atoms with Gasteiger partial charge in [0.15, 0.2) is 0 Å². The molecule has 0 unspecified atom stereocenters. The highest BCUT2D eigenvalue weighted by Crippen LogP contribution is 2.15. The van der Waals surface area contributed by atoms with Crippen LogP contribution in [-0.2, 0) is 26.1 Å². The first-order chi connectivity index (χ1) is 9.45. The van der Waals surface area contributed by atoms with Gasteiger partial charge in [0.25, 0.3) is 0 Å². The van der Waals surface area contributed by atoms with Crippen molar-refractivity contribution < 1.29 is 23.1 Å². The first-order valence-corrected chi connectivity index (χ1v) is 8.65. The molecule has 20 heavy (non-hydrogen) atoms. The summed E-state index contributed by atoms with van der Waals surface area (Å²) in [6.07, 6.45) is -0.0259. The van der Waals surface area contributed by atoms with Gasteiger partial charge in [-0.05, 0) is 17.9 Å². The lowest BCUT2D eigenvalue weighted by molar-refractivity contribution is -0.137. The molecule has 1 aromatic rings. The summed E-state index contributed by atoms with van der Waals surface area (Å²) < 4.78 is 30.7. The molecular weight excluding hydrogens is 302 g/mol. The van der Waals surface area contributed by atoms with E-state index in [1.165, 1.54) is 22.8 Å². The van der Waals surface area contributed by atoms with Crippen LogP contribution in [0.3, 0.4) is 0 Å². The Hall–Kier alpha value is -0.960. The first kappa shape index (κ1) is 17.1. The Bertz CT molecular complexity index is 498. The number of carboxylic acid groups (broad SMARTS) is 1. The maximum Gasteiger partial charge on any atom is 0.303 e. The summed E-state index contributed by atoms with van der Waals surface area (Å²) in [5.41, 5.74) is 0. The van der Waals surface area contributed by atoms with E-state index in [0.717, 1.165) is 4.88 Å². The van der Waals surface area contributed by atoms with Crippen molar-refractivity contribution in [2.45, 2.75) is 19.4 Å². The number of hydrogen-bond acceptors (Lipinski definition) is 5. The zero-order valence-electron chi connectivity index (χ0n) is 11.3. The Kier molecular flexibility index (Phi) is 7.14. The number of thiophene rings is 1. The molecule has 1 rings (SSSR count). The van der Waals surface area contributed by atoms with E-state index in [4.69, 9.17) is 9.84 Å². The summed E-state index contributed by atoms with van der Waals surface area (Å²) in [4.78, 5) is 11.4. The second-order valence-corrected chi connectivity index (χ2v) is 7.34. The number of hydrogen-bond donors (Lipinski definition) is 1. The van der Waals surface area contributed by atoms with Crippen LogP contribution in [-0.4, -0.2) is 49.8 Å². The van der Waals surface area contributed by atoms with E-state index in [1.807, 2.05) is 17.5 Å². The molecule has 0 bridgehead atoms. The summed E-state index contributed by atoms with van der Waals surface area (Å²) in [6, 6.07) is 3.74. The SMILES string of the molecule is COCCN(Cc1cccs1)S(=O)(=O)CCCC(=O)O. The monoisotopic (exact) mass is 321 g/mol. The van der Waals surface area contributed by atoms with Crippen molar-refractivity contribution in [3.05, 3.63) is 22.4 Å². The van der Waals surface area contributed by atoms with Crippen LogP contribution in [0.25, 0.3) is 0 Å². The van der Waals surface area contributed by atoms with E-state index in [1.54, 1.807) is 0 Å². The van der Waals surface area contributed by atoms with Crippen LogP contribution in [0, 0.1) is 0 Å². The van der Waals surface area contributed by atoms with E-state index < -0.39 is 16.0 Å². The summed E-state index contributed by atoms with van der Waals surface area (Å²) in [7, 11) is -1.96. The van der Waals surface area contributed by atoms with Gasteiger partial charge in [0.05, 0.1) is 12.4 Å². The standard InChI is InChI=1S/C12H19NO5S2/c1-18-7-6-13(10-11-4-2-8-19-11)20(16,17)9-3-5-12(14)15/h2,4,8H,3,5-7,9-10H2,1H3,(H,14,15). The molecule has 0 atom stereocenters. The molecule has 1 heterocycles. The highest BCUT2D eigenvalue weighted by molar-refractivity contribution is 7.89. The highest BCUT2D eigenvalue weighted by atomic mass is 32.2. The third-order valence-corrected chi connectivity index (χ3v) is 5.41. The predicted octanol–water partition coefficient (Wildman–Crippen LogP) is 1.39. The third kappa shape index (κ3) is 6.00. The zero-order valence-corrected chi connectivity index (χ0v) is 13.0. The number of rotatable bonds is 10. The van der Waals surface area contributed by atoms with E-state index in [-0.39, 0.29) is 25.1 Å². The summed E-state index contributed by atoms with van der Waals surface area (Å²) in [6.45, 7) is 0.879. The normalized spacial score (nSPS) is 11.9. The lowest BCUT2D eigenvalue weighted by Gasteiger charge is -2.21. The zero-order chi connectivity index (χ0) is 15.0. The average Bonchev–Trinajstić information content (AvgIpc) is 2.86. The lowest BCUT2D eigenvalue weighted by atomic mass is 10.3. The fraction of sp³-hybridized carbons (Fsp3) is 0.583. The topological polar surface area (TPSA) is 83.9 Å². The number of carbonyl (C=O) groups is 1. The molecule has 6 nitrogen and oxygen atoms in total. The van der Waals surface area contributed by atoms with Gasteiger partial charge in [0, 0.05) is 31.5 Å². The van der Waals surface area contributed by atoms with Crippen molar-refractivity contribution in [3.63, 3.8) is 0 Å². The smallest absolute Gasteiger partial charge is 0.303 e. The minimum atomic E-state index is -3.47. The number of sulfonamides is 1. The van der Waals surface area contributed by atoms with Crippen molar-refractivity contribution in [2.24, 2.45) is 0 Å². The highest BCUT2D eigenvalue weighted by Gasteiger charge is 2.22. The fourth-order valence-electron chi connectivity index (χ4n) is 1.62. The van der Waals surface area contributed by atoms with E-state index in [9.17, 15) is 13.2 Å². The van der Waals surface area contributed by atoms with Crippen LogP contribution in [0.2, 0.25) is 0 Å². The van der Waals surface area contributed by atoms with Crippen molar-refractivity contribution in [3.8, 4) is 0 Å². The van der Waals surface area contributed by atoms with Gasteiger partial charge in [0.2, 0.25) is 10.0 Å². The van der Waals surface area contributed by atoms with Crippen molar-refractivity contribution in [1.82, 2.24) is 4.31 Å². The largest absolute Gasteiger partial charge is 0.481 e. The van der Waals surface area contributed by atoms with Crippen LogP contribution in [0.15, 0.2) is 17.5 Å². The number of methoxy groups -OCH3 is 1. The molecule has 0 saturated heterocycles. The Balaban J connectivity index is 2.66. The fourth-order valence-corrected chi connectivity index (χ4v) is 3.88. The molecule has 0 saturated carbocycles. The molecule has 0 aliphatic rings. The lowest BCUT2D eigenvalue weighted by Crippen LogP contribution is -2.35.